The van der Waals surface area contributed by atoms with Crippen molar-refractivity contribution in [1.82, 2.24) is 10.2 Å². The van der Waals surface area contributed by atoms with Crippen LogP contribution in [0.3, 0.4) is 0 Å². The molecule has 7 nitrogen and oxygen atoms in total. The Morgan fingerprint density at radius 1 is 1.31 bits per heavy atom. The highest BCUT2D eigenvalue weighted by molar-refractivity contribution is 7.99. The highest BCUT2D eigenvalue weighted by atomic mass is 32.2. The number of nitrogen functional groups attached to an aromatic ring is 1. The van der Waals surface area contributed by atoms with E-state index in [0.717, 1.165) is 43.1 Å². The van der Waals surface area contributed by atoms with E-state index in [0.29, 0.717) is 5.56 Å². The Morgan fingerprint density at radius 2 is 2.04 bits per heavy atom. The van der Waals surface area contributed by atoms with Gasteiger partial charge in [-0.15, -0.1) is 0 Å². The van der Waals surface area contributed by atoms with Gasteiger partial charge in [-0.05, 0) is 30.9 Å². The van der Waals surface area contributed by atoms with Crippen LogP contribution in [-0.2, 0) is 9.59 Å². The summed E-state index contributed by atoms with van der Waals surface area (Å²) in [6, 6.07) is 6.81. The molecule has 8 heteroatoms. The number of amides is 2. The first-order chi connectivity index (χ1) is 12.5. The van der Waals surface area contributed by atoms with Gasteiger partial charge in [0, 0.05) is 35.8 Å². The van der Waals surface area contributed by atoms with Crippen molar-refractivity contribution in [2.45, 2.75) is 18.9 Å². The number of carbonyl (C=O) groups excluding carboxylic acids is 2. The summed E-state index contributed by atoms with van der Waals surface area (Å²) in [5, 5.41) is 13.6. The lowest BCUT2D eigenvalue weighted by Gasteiger charge is -2.27. The van der Waals surface area contributed by atoms with Crippen LogP contribution < -0.4 is 16.4 Å². The van der Waals surface area contributed by atoms with E-state index in [2.05, 4.69) is 10.6 Å². The van der Waals surface area contributed by atoms with Gasteiger partial charge in [0.15, 0.2) is 0 Å². The molecule has 0 spiro atoms. The standard InChI is InChI=1S/C18H25N5O2S/c19-17(20)13-2-1-3-14(10-13)22-16(12-4-5-12)18(25)21-11-15(24)23-6-8-26-9-7-23/h1-3,10,12,16,22H,4-9,11H2,(H3,19,20)(H,21,25). The topological polar surface area (TPSA) is 111 Å². The van der Waals surface area contributed by atoms with Crippen LogP contribution in [-0.4, -0.2) is 59.7 Å². The van der Waals surface area contributed by atoms with Crippen molar-refractivity contribution in [2.75, 3.05) is 36.5 Å². The number of hydrogen-bond donors (Lipinski definition) is 4. The summed E-state index contributed by atoms with van der Waals surface area (Å²) in [5.41, 5.74) is 6.90. The highest BCUT2D eigenvalue weighted by Gasteiger charge is 2.36. The van der Waals surface area contributed by atoms with Gasteiger partial charge in [0.1, 0.15) is 11.9 Å². The first-order valence-corrected chi connectivity index (χ1v) is 10.0. The Morgan fingerprint density at radius 3 is 2.69 bits per heavy atom. The van der Waals surface area contributed by atoms with Crippen LogP contribution in [0.15, 0.2) is 24.3 Å². The minimum absolute atomic E-state index is 0.00800. The first-order valence-electron chi connectivity index (χ1n) is 8.89. The van der Waals surface area contributed by atoms with Gasteiger partial charge >= 0.3 is 0 Å². The maximum absolute atomic E-state index is 12.6. The van der Waals surface area contributed by atoms with Gasteiger partial charge < -0.3 is 21.3 Å². The van der Waals surface area contributed by atoms with Gasteiger partial charge in [0.25, 0.3) is 0 Å². The Bertz CT molecular complexity index is 686. The predicted molar refractivity (Wildman–Crippen MR) is 105 cm³/mol. The van der Waals surface area contributed by atoms with Gasteiger partial charge in [-0.3, -0.25) is 15.0 Å². The zero-order chi connectivity index (χ0) is 18.5. The molecule has 1 aromatic rings. The maximum Gasteiger partial charge on any atom is 0.243 e. The van der Waals surface area contributed by atoms with Crippen molar-refractivity contribution in [3.63, 3.8) is 0 Å². The van der Waals surface area contributed by atoms with E-state index in [9.17, 15) is 9.59 Å². The molecule has 1 heterocycles. The number of rotatable bonds is 7. The number of nitrogens with one attached hydrogen (secondary N) is 3. The molecule has 1 aromatic carbocycles. The number of thioether (sulfide) groups is 1. The monoisotopic (exact) mass is 375 g/mol. The van der Waals surface area contributed by atoms with Crippen LogP contribution in [0.1, 0.15) is 18.4 Å². The van der Waals surface area contributed by atoms with E-state index in [-0.39, 0.29) is 36.2 Å². The van der Waals surface area contributed by atoms with E-state index >= 15 is 0 Å². The second kappa shape index (κ2) is 8.44. The third-order valence-corrected chi connectivity index (χ3v) is 5.59. The third kappa shape index (κ3) is 4.91. The van der Waals surface area contributed by atoms with Crippen molar-refractivity contribution in [1.29, 1.82) is 5.41 Å². The van der Waals surface area contributed by atoms with E-state index in [1.54, 1.807) is 18.2 Å². The molecule has 1 aliphatic carbocycles. The summed E-state index contributed by atoms with van der Waals surface area (Å²) in [5.74, 6) is 2.01. The van der Waals surface area contributed by atoms with Crippen LogP contribution >= 0.6 is 11.8 Å². The molecule has 0 radical (unpaired) electrons. The summed E-state index contributed by atoms with van der Waals surface area (Å²) in [6.07, 6.45) is 1.99. The zero-order valence-electron chi connectivity index (χ0n) is 14.7. The molecule has 26 heavy (non-hydrogen) atoms. The first kappa shape index (κ1) is 18.6. The highest BCUT2D eigenvalue weighted by Crippen LogP contribution is 2.34. The molecular formula is C18H25N5O2S. The Kier molecular flexibility index (Phi) is 6.03. The molecule has 0 aromatic heterocycles. The number of amidine groups is 1. The Hall–Kier alpha value is -2.22. The third-order valence-electron chi connectivity index (χ3n) is 4.65. The van der Waals surface area contributed by atoms with Gasteiger partial charge in [-0.2, -0.15) is 11.8 Å². The van der Waals surface area contributed by atoms with Gasteiger partial charge in [-0.1, -0.05) is 12.1 Å². The second-order valence-electron chi connectivity index (χ2n) is 6.66. The fourth-order valence-corrected chi connectivity index (χ4v) is 3.88. The lowest BCUT2D eigenvalue weighted by Crippen LogP contribution is -2.47. The minimum Gasteiger partial charge on any atom is -0.384 e. The molecule has 1 saturated carbocycles. The number of anilines is 1. The summed E-state index contributed by atoms with van der Waals surface area (Å²) in [6.45, 7) is 1.55. The zero-order valence-corrected chi connectivity index (χ0v) is 15.5. The van der Waals surface area contributed by atoms with Crippen LogP contribution in [0.25, 0.3) is 0 Å². The van der Waals surface area contributed by atoms with Crippen molar-refractivity contribution >= 4 is 35.1 Å². The van der Waals surface area contributed by atoms with Crippen LogP contribution in [0, 0.1) is 11.3 Å². The lowest BCUT2D eigenvalue weighted by atomic mass is 10.1. The van der Waals surface area contributed by atoms with E-state index < -0.39 is 0 Å². The van der Waals surface area contributed by atoms with E-state index in [1.807, 2.05) is 22.7 Å². The molecule has 1 saturated heterocycles. The smallest absolute Gasteiger partial charge is 0.243 e. The fourth-order valence-electron chi connectivity index (χ4n) is 2.98. The Balaban J connectivity index is 1.57. The van der Waals surface area contributed by atoms with Crippen molar-refractivity contribution < 1.29 is 9.59 Å². The van der Waals surface area contributed by atoms with Crippen molar-refractivity contribution in [3.8, 4) is 0 Å². The molecule has 1 atom stereocenters. The molecule has 2 aliphatic rings. The average Bonchev–Trinajstić information content (AvgIpc) is 3.50. The van der Waals surface area contributed by atoms with Crippen molar-refractivity contribution in [2.24, 2.45) is 11.7 Å². The normalized spacial score (nSPS) is 18.1. The van der Waals surface area contributed by atoms with Crippen molar-refractivity contribution in [3.05, 3.63) is 29.8 Å². The molecule has 0 bridgehead atoms. The van der Waals surface area contributed by atoms with E-state index in [4.69, 9.17) is 11.1 Å². The average molecular weight is 375 g/mol. The number of benzene rings is 1. The summed E-state index contributed by atoms with van der Waals surface area (Å²) in [4.78, 5) is 26.7. The number of nitrogens with zero attached hydrogens (tertiary/aromatic N) is 1. The largest absolute Gasteiger partial charge is 0.384 e. The second-order valence-corrected chi connectivity index (χ2v) is 7.89. The Labute approximate surface area is 157 Å². The summed E-state index contributed by atoms with van der Waals surface area (Å²) < 4.78 is 0. The number of carbonyl (C=O) groups is 2. The van der Waals surface area contributed by atoms with Gasteiger partial charge in [-0.25, -0.2) is 0 Å². The van der Waals surface area contributed by atoms with Crippen LogP contribution in [0.5, 0.6) is 0 Å². The molecule has 1 unspecified atom stereocenters. The molecule has 140 valence electrons. The number of nitrogens with two attached hydrogens (primary N) is 1. The van der Waals surface area contributed by atoms with Crippen LogP contribution in [0.4, 0.5) is 5.69 Å². The molecule has 2 amide bonds. The van der Waals surface area contributed by atoms with Crippen LogP contribution in [0.2, 0.25) is 0 Å². The summed E-state index contributed by atoms with van der Waals surface area (Å²) in [7, 11) is 0. The van der Waals surface area contributed by atoms with Gasteiger partial charge in [0.05, 0.1) is 6.54 Å². The van der Waals surface area contributed by atoms with E-state index in [1.165, 1.54) is 0 Å². The fraction of sp³-hybridized carbons (Fsp3) is 0.500. The number of hydrogen-bond acceptors (Lipinski definition) is 5. The molecule has 2 fully saturated rings. The van der Waals surface area contributed by atoms with Gasteiger partial charge in [0.2, 0.25) is 11.8 Å². The summed E-state index contributed by atoms with van der Waals surface area (Å²) >= 11 is 1.85. The molecule has 1 aliphatic heterocycles. The molecule has 5 N–H and O–H groups in total. The minimum atomic E-state index is -0.373. The molecule has 3 rings (SSSR count). The maximum atomic E-state index is 12.6. The molecular weight excluding hydrogens is 350 g/mol. The lowest BCUT2D eigenvalue weighted by molar-refractivity contribution is -0.132. The quantitative estimate of drug-likeness (QED) is 0.417. The predicted octanol–water partition coefficient (Wildman–Crippen LogP) is 0.853. The SMILES string of the molecule is N=C(N)c1cccc(NC(C(=O)NCC(=O)N2CCSCC2)C2CC2)c1.